The Morgan fingerprint density at radius 1 is 1.26 bits per heavy atom. The van der Waals surface area contributed by atoms with E-state index in [4.69, 9.17) is 0 Å². The van der Waals surface area contributed by atoms with Crippen molar-refractivity contribution in [2.24, 2.45) is 5.41 Å². The second-order valence-electron chi connectivity index (χ2n) is 5.54. The van der Waals surface area contributed by atoms with Gasteiger partial charge in [0, 0.05) is 12.6 Å². The molecule has 0 amide bonds. The molecular formula is C15H20F3N. The smallest absolute Gasteiger partial charge is 0.310 e. The highest BCUT2D eigenvalue weighted by molar-refractivity contribution is 5.32. The van der Waals surface area contributed by atoms with Crippen molar-refractivity contribution in [3.05, 3.63) is 35.4 Å². The van der Waals surface area contributed by atoms with Crippen LogP contribution >= 0.6 is 0 Å². The van der Waals surface area contributed by atoms with Crippen LogP contribution in [0.5, 0.6) is 0 Å². The maximum absolute atomic E-state index is 12.9. The lowest BCUT2D eigenvalue weighted by Crippen LogP contribution is -2.28. The average Bonchev–Trinajstić information content (AvgIpc) is 3.16. The fourth-order valence-corrected chi connectivity index (χ4v) is 2.44. The number of hydrogen-bond acceptors (Lipinski definition) is 1. The van der Waals surface area contributed by atoms with Gasteiger partial charge in [0.15, 0.2) is 0 Å². The monoisotopic (exact) mass is 271 g/mol. The van der Waals surface area contributed by atoms with Crippen LogP contribution in [0.25, 0.3) is 0 Å². The SMILES string of the molecule is CCC1(CNC(C)c2ccccc2C(F)(F)F)CC1. The summed E-state index contributed by atoms with van der Waals surface area (Å²) < 4.78 is 38.8. The summed E-state index contributed by atoms with van der Waals surface area (Å²) in [4.78, 5) is 0. The standard InChI is InChI=1S/C15H20F3N/c1-3-14(8-9-14)10-19-11(2)12-6-4-5-7-13(12)15(16,17)18/h4-7,11,19H,3,8-10H2,1-2H3. The van der Waals surface area contributed by atoms with E-state index in [0.717, 1.165) is 19.0 Å². The van der Waals surface area contributed by atoms with Crippen LogP contribution in [0.3, 0.4) is 0 Å². The molecule has 0 bridgehead atoms. The number of rotatable bonds is 5. The first-order valence-electron chi connectivity index (χ1n) is 6.77. The van der Waals surface area contributed by atoms with E-state index < -0.39 is 11.7 Å². The van der Waals surface area contributed by atoms with Gasteiger partial charge in [-0.25, -0.2) is 0 Å². The van der Waals surface area contributed by atoms with Crippen LogP contribution in [0.15, 0.2) is 24.3 Å². The minimum atomic E-state index is -4.28. The average molecular weight is 271 g/mol. The van der Waals surface area contributed by atoms with Crippen LogP contribution < -0.4 is 5.32 Å². The van der Waals surface area contributed by atoms with Crippen LogP contribution in [0.2, 0.25) is 0 Å². The Bertz CT molecular complexity index is 435. The summed E-state index contributed by atoms with van der Waals surface area (Å²) in [6.45, 7) is 4.75. The van der Waals surface area contributed by atoms with Crippen molar-refractivity contribution in [1.82, 2.24) is 5.32 Å². The van der Waals surface area contributed by atoms with Gasteiger partial charge in [0.1, 0.15) is 0 Å². The van der Waals surface area contributed by atoms with Gasteiger partial charge in [-0.05, 0) is 43.2 Å². The molecule has 0 aromatic heterocycles. The molecule has 106 valence electrons. The fraction of sp³-hybridized carbons (Fsp3) is 0.600. The van der Waals surface area contributed by atoms with Crippen molar-refractivity contribution in [3.8, 4) is 0 Å². The molecule has 1 N–H and O–H groups in total. The minimum absolute atomic E-state index is 0.276. The lowest BCUT2D eigenvalue weighted by atomic mass is 9.99. The highest BCUT2D eigenvalue weighted by Gasteiger charge is 2.41. The normalized spacial score (nSPS) is 19.2. The number of benzene rings is 1. The van der Waals surface area contributed by atoms with Crippen LogP contribution in [-0.4, -0.2) is 6.54 Å². The topological polar surface area (TPSA) is 12.0 Å². The molecule has 0 spiro atoms. The van der Waals surface area contributed by atoms with E-state index in [1.165, 1.54) is 18.9 Å². The molecule has 1 fully saturated rings. The van der Waals surface area contributed by atoms with Gasteiger partial charge in [-0.15, -0.1) is 0 Å². The van der Waals surface area contributed by atoms with Gasteiger partial charge >= 0.3 is 6.18 Å². The molecule has 1 aromatic carbocycles. The Balaban J connectivity index is 2.08. The molecule has 2 rings (SSSR count). The predicted molar refractivity (Wildman–Crippen MR) is 69.8 cm³/mol. The lowest BCUT2D eigenvalue weighted by Gasteiger charge is -2.22. The molecule has 4 heteroatoms. The van der Waals surface area contributed by atoms with E-state index in [1.54, 1.807) is 19.1 Å². The molecule has 19 heavy (non-hydrogen) atoms. The van der Waals surface area contributed by atoms with Gasteiger partial charge in [0.2, 0.25) is 0 Å². The van der Waals surface area contributed by atoms with Gasteiger partial charge in [-0.3, -0.25) is 0 Å². The van der Waals surface area contributed by atoms with Gasteiger partial charge in [-0.2, -0.15) is 13.2 Å². The molecule has 0 heterocycles. The van der Waals surface area contributed by atoms with Crippen molar-refractivity contribution in [3.63, 3.8) is 0 Å². The van der Waals surface area contributed by atoms with Crippen LogP contribution in [0.1, 0.15) is 50.3 Å². The molecule has 1 aliphatic carbocycles. The summed E-state index contributed by atoms with van der Waals surface area (Å²) in [6, 6.07) is 5.54. The molecule has 1 unspecified atom stereocenters. The molecule has 0 aliphatic heterocycles. The zero-order chi connectivity index (χ0) is 14.1. The van der Waals surface area contributed by atoms with Crippen LogP contribution in [-0.2, 0) is 6.18 Å². The Labute approximate surface area is 112 Å². The molecule has 1 aliphatic rings. The first-order valence-corrected chi connectivity index (χ1v) is 6.77. The van der Waals surface area contributed by atoms with Crippen molar-refractivity contribution in [2.75, 3.05) is 6.54 Å². The van der Waals surface area contributed by atoms with E-state index in [0.29, 0.717) is 11.0 Å². The van der Waals surface area contributed by atoms with Gasteiger partial charge in [0.05, 0.1) is 5.56 Å². The molecule has 0 saturated heterocycles. The van der Waals surface area contributed by atoms with Gasteiger partial charge in [-0.1, -0.05) is 25.1 Å². The van der Waals surface area contributed by atoms with E-state index in [-0.39, 0.29) is 6.04 Å². The van der Waals surface area contributed by atoms with Crippen molar-refractivity contribution < 1.29 is 13.2 Å². The highest BCUT2D eigenvalue weighted by Crippen LogP contribution is 2.48. The van der Waals surface area contributed by atoms with E-state index >= 15 is 0 Å². The minimum Gasteiger partial charge on any atom is -0.310 e. The number of alkyl halides is 3. The second-order valence-corrected chi connectivity index (χ2v) is 5.54. The lowest BCUT2D eigenvalue weighted by molar-refractivity contribution is -0.138. The molecular weight excluding hydrogens is 251 g/mol. The van der Waals surface area contributed by atoms with Crippen molar-refractivity contribution in [1.29, 1.82) is 0 Å². The molecule has 0 radical (unpaired) electrons. The van der Waals surface area contributed by atoms with Crippen molar-refractivity contribution in [2.45, 2.75) is 45.3 Å². The zero-order valence-corrected chi connectivity index (χ0v) is 11.3. The maximum atomic E-state index is 12.9. The Kier molecular flexibility index (Phi) is 3.90. The van der Waals surface area contributed by atoms with Crippen molar-refractivity contribution >= 4 is 0 Å². The van der Waals surface area contributed by atoms with E-state index in [9.17, 15) is 13.2 Å². The summed E-state index contributed by atoms with van der Waals surface area (Å²) in [6.07, 6.45) is -0.823. The first-order chi connectivity index (χ1) is 8.88. The third-order valence-corrected chi connectivity index (χ3v) is 4.22. The third-order valence-electron chi connectivity index (χ3n) is 4.22. The zero-order valence-electron chi connectivity index (χ0n) is 11.3. The van der Waals surface area contributed by atoms with E-state index in [2.05, 4.69) is 12.2 Å². The van der Waals surface area contributed by atoms with E-state index in [1.807, 2.05) is 0 Å². The van der Waals surface area contributed by atoms with Gasteiger partial charge < -0.3 is 5.32 Å². The molecule has 1 aromatic rings. The summed E-state index contributed by atoms with van der Waals surface area (Å²) >= 11 is 0. The predicted octanol–water partition coefficient (Wildman–Crippen LogP) is 4.55. The summed E-state index contributed by atoms with van der Waals surface area (Å²) in [7, 11) is 0. The largest absolute Gasteiger partial charge is 0.416 e. The second kappa shape index (κ2) is 5.16. The number of hydrogen-bond donors (Lipinski definition) is 1. The molecule has 1 atom stereocenters. The van der Waals surface area contributed by atoms with Crippen LogP contribution in [0.4, 0.5) is 13.2 Å². The summed E-state index contributed by atoms with van der Waals surface area (Å²) in [5.41, 5.74) is 0.139. The molecule has 1 saturated carbocycles. The highest BCUT2D eigenvalue weighted by atomic mass is 19.4. The van der Waals surface area contributed by atoms with Gasteiger partial charge in [0.25, 0.3) is 0 Å². The third kappa shape index (κ3) is 3.30. The quantitative estimate of drug-likeness (QED) is 0.828. The summed E-state index contributed by atoms with van der Waals surface area (Å²) in [5.74, 6) is 0. The summed E-state index contributed by atoms with van der Waals surface area (Å²) in [5, 5.41) is 3.27. The fourth-order valence-electron chi connectivity index (χ4n) is 2.44. The molecule has 1 nitrogen and oxygen atoms in total. The van der Waals surface area contributed by atoms with Crippen LogP contribution in [0, 0.1) is 5.41 Å². The Hall–Kier alpha value is -1.03. The Morgan fingerprint density at radius 2 is 1.89 bits per heavy atom. The number of nitrogens with one attached hydrogen (secondary N) is 1. The maximum Gasteiger partial charge on any atom is 0.416 e. The first kappa shape index (κ1) is 14.4. The number of halogens is 3. The Morgan fingerprint density at radius 3 is 2.42 bits per heavy atom.